The number of aryl methyl sites for hydroxylation is 2. The van der Waals surface area contributed by atoms with Crippen LogP contribution in [-0.2, 0) is 18.3 Å². The molecule has 0 unspecified atom stereocenters. The van der Waals surface area contributed by atoms with Gasteiger partial charge in [0.25, 0.3) is 0 Å². The molecule has 0 aliphatic carbocycles. The van der Waals surface area contributed by atoms with Crippen LogP contribution in [0.4, 0.5) is 5.69 Å². The average Bonchev–Trinajstić information content (AvgIpc) is 3.14. The van der Waals surface area contributed by atoms with E-state index in [1.165, 1.54) is 40.0 Å². The molecule has 2 aromatic carbocycles. The van der Waals surface area contributed by atoms with E-state index >= 15 is 0 Å². The fourth-order valence-corrected chi connectivity index (χ4v) is 4.50. The van der Waals surface area contributed by atoms with Gasteiger partial charge in [0.15, 0.2) is 0 Å². The molecule has 0 saturated heterocycles. The number of thiophene rings is 1. The van der Waals surface area contributed by atoms with E-state index in [1.807, 2.05) is 12.1 Å². The second kappa shape index (κ2) is 8.84. The van der Waals surface area contributed by atoms with Gasteiger partial charge in [-0.05, 0) is 64.4 Å². The first kappa shape index (κ1) is 20.5. The van der Waals surface area contributed by atoms with E-state index in [1.54, 1.807) is 5.38 Å². The Morgan fingerprint density at radius 2 is 1.82 bits per heavy atom. The lowest BCUT2D eigenvalue weighted by molar-refractivity contribution is 0.0703. The fraction of sp³-hybridized carbons (Fsp3) is 0.261. The highest BCUT2D eigenvalue weighted by Gasteiger charge is 2.17. The highest BCUT2D eigenvalue weighted by Crippen LogP contribution is 2.33. The molecule has 0 amide bonds. The molecule has 28 heavy (non-hydrogen) atoms. The molecule has 1 aromatic heterocycles. The zero-order valence-corrected chi connectivity index (χ0v) is 18.0. The molecule has 5 heteroatoms. The van der Waals surface area contributed by atoms with Crippen LogP contribution in [0.15, 0.2) is 64.9 Å². The van der Waals surface area contributed by atoms with Crippen molar-refractivity contribution >= 4 is 34.9 Å². The van der Waals surface area contributed by atoms with Gasteiger partial charge < -0.3 is 9.83 Å². The van der Waals surface area contributed by atoms with Crippen LogP contribution >= 0.6 is 23.3 Å². The molecule has 1 heterocycles. The molecule has 146 valence electrons. The number of carboxylic acid groups (broad SMARTS) is 1. The van der Waals surface area contributed by atoms with Gasteiger partial charge in [-0.1, -0.05) is 63.2 Å². The van der Waals surface area contributed by atoms with E-state index in [-0.39, 0.29) is 5.41 Å². The molecule has 0 radical (unpaired) electrons. The summed E-state index contributed by atoms with van der Waals surface area (Å²) in [6.07, 6.45) is 1.91. The first-order valence-corrected chi connectivity index (χ1v) is 10.9. The molecular weight excluding hydrogens is 386 g/mol. The van der Waals surface area contributed by atoms with Crippen LogP contribution in [0, 0.1) is 0 Å². The number of nitrogens with one attached hydrogen (secondary N) is 1. The van der Waals surface area contributed by atoms with Crippen molar-refractivity contribution in [3.8, 4) is 0 Å². The van der Waals surface area contributed by atoms with Crippen molar-refractivity contribution in [3.63, 3.8) is 0 Å². The van der Waals surface area contributed by atoms with E-state index in [9.17, 15) is 9.90 Å². The topological polar surface area (TPSA) is 49.3 Å². The van der Waals surface area contributed by atoms with E-state index in [0.29, 0.717) is 10.6 Å². The second-order valence-electron chi connectivity index (χ2n) is 7.73. The summed E-state index contributed by atoms with van der Waals surface area (Å²) in [6, 6.07) is 18.9. The van der Waals surface area contributed by atoms with Crippen molar-refractivity contribution < 1.29 is 9.90 Å². The lowest BCUT2D eigenvalue weighted by atomic mass is 9.85. The van der Waals surface area contributed by atoms with Gasteiger partial charge in [0, 0.05) is 4.90 Å². The van der Waals surface area contributed by atoms with Crippen LogP contribution in [0.2, 0.25) is 0 Å². The van der Waals surface area contributed by atoms with Crippen molar-refractivity contribution in [3.05, 3.63) is 81.5 Å². The summed E-state index contributed by atoms with van der Waals surface area (Å²) in [6.45, 7) is 6.66. The summed E-state index contributed by atoms with van der Waals surface area (Å²) >= 11 is 2.72. The minimum Gasteiger partial charge on any atom is -0.477 e. The van der Waals surface area contributed by atoms with Crippen LogP contribution < -0.4 is 4.72 Å². The molecule has 2 N–H and O–H groups in total. The summed E-state index contributed by atoms with van der Waals surface area (Å²) in [4.78, 5) is 12.8. The second-order valence-corrected chi connectivity index (χ2v) is 9.49. The Balaban J connectivity index is 1.82. The maximum atomic E-state index is 11.3. The number of carbonyl (C=O) groups is 1. The molecule has 0 spiro atoms. The zero-order chi connectivity index (χ0) is 20.1. The number of anilines is 1. The first-order valence-electron chi connectivity index (χ1n) is 9.25. The van der Waals surface area contributed by atoms with Crippen LogP contribution in [0.3, 0.4) is 0 Å². The number of carboxylic acids is 1. The number of benzene rings is 2. The monoisotopic (exact) mass is 411 g/mol. The van der Waals surface area contributed by atoms with Gasteiger partial charge in [-0.2, -0.15) is 0 Å². The van der Waals surface area contributed by atoms with E-state index in [2.05, 4.69) is 68.0 Å². The quantitative estimate of drug-likeness (QED) is 0.427. The highest BCUT2D eigenvalue weighted by molar-refractivity contribution is 8.00. The van der Waals surface area contributed by atoms with Gasteiger partial charge >= 0.3 is 5.97 Å². The van der Waals surface area contributed by atoms with E-state index in [0.717, 1.165) is 17.7 Å². The third-order valence-corrected chi connectivity index (χ3v) is 6.43. The maximum Gasteiger partial charge on any atom is 0.348 e. The smallest absolute Gasteiger partial charge is 0.348 e. The van der Waals surface area contributed by atoms with Crippen molar-refractivity contribution in [1.82, 2.24) is 0 Å². The minimum atomic E-state index is -0.898. The Morgan fingerprint density at radius 1 is 1.07 bits per heavy atom. The number of hydrogen-bond acceptors (Lipinski definition) is 4. The van der Waals surface area contributed by atoms with Gasteiger partial charge in [-0.3, -0.25) is 0 Å². The lowest BCUT2D eigenvalue weighted by Crippen LogP contribution is -2.12. The third-order valence-electron chi connectivity index (χ3n) is 4.58. The van der Waals surface area contributed by atoms with Crippen molar-refractivity contribution in [2.45, 2.75) is 43.9 Å². The van der Waals surface area contributed by atoms with E-state index in [4.69, 9.17) is 0 Å². The molecule has 0 bridgehead atoms. The largest absolute Gasteiger partial charge is 0.477 e. The minimum absolute atomic E-state index is 0.0853. The Labute approximate surface area is 175 Å². The lowest BCUT2D eigenvalue weighted by Gasteiger charge is -2.21. The Hall–Kier alpha value is -2.24. The SMILES string of the molecule is CC(C)(C)c1ccc(SNc2ccsc2C(=O)O)c(CCc2ccccc2)c1. The summed E-state index contributed by atoms with van der Waals surface area (Å²) in [5, 5.41) is 11.1. The number of rotatable bonds is 7. The van der Waals surface area contributed by atoms with Crippen LogP contribution in [0.5, 0.6) is 0 Å². The highest BCUT2D eigenvalue weighted by atomic mass is 32.2. The fourth-order valence-electron chi connectivity index (χ4n) is 2.93. The Kier molecular flexibility index (Phi) is 6.47. The molecule has 3 aromatic rings. The molecule has 3 rings (SSSR count). The Morgan fingerprint density at radius 3 is 2.50 bits per heavy atom. The first-order chi connectivity index (χ1) is 13.3. The third kappa shape index (κ3) is 5.18. The normalized spacial score (nSPS) is 11.4. The molecule has 0 aliphatic heterocycles. The molecule has 0 fully saturated rings. The molecular formula is C23H25NO2S2. The summed E-state index contributed by atoms with van der Waals surface area (Å²) in [5.41, 5.74) is 4.64. The van der Waals surface area contributed by atoms with Gasteiger partial charge in [0.2, 0.25) is 0 Å². The van der Waals surface area contributed by atoms with Crippen LogP contribution in [-0.4, -0.2) is 11.1 Å². The number of aromatic carboxylic acids is 1. The standard InChI is InChI=1S/C23H25NO2S2/c1-23(2,3)18-11-12-20(28-24-19-13-14-27-21(19)22(25)26)17(15-18)10-9-16-7-5-4-6-8-16/h4-8,11-15,24H,9-10H2,1-3H3,(H,25,26). The van der Waals surface area contributed by atoms with Gasteiger partial charge in [0.1, 0.15) is 4.88 Å². The van der Waals surface area contributed by atoms with Gasteiger partial charge in [-0.15, -0.1) is 11.3 Å². The molecule has 0 atom stereocenters. The number of hydrogen-bond donors (Lipinski definition) is 2. The van der Waals surface area contributed by atoms with Crippen LogP contribution in [0.1, 0.15) is 47.1 Å². The summed E-state index contributed by atoms with van der Waals surface area (Å²) in [7, 11) is 0. The van der Waals surface area contributed by atoms with Gasteiger partial charge in [0.05, 0.1) is 5.69 Å². The molecule has 0 aliphatic rings. The maximum absolute atomic E-state index is 11.3. The Bertz CT molecular complexity index is 943. The summed E-state index contributed by atoms with van der Waals surface area (Å²) < 4.78 is 3.23. The summed E-state index contributed by atoms with van der Waals surface area (Å²) in [5.74, 6) is -0.898. The van der Waals surface area contributed by atoms with Crippen LogP contribution in [0.25, 0.3) is 0 Å². The van der Waals surface area contributed by atoms with E-state index < -0.39 is 5.97 Å². The molecule has 0 saturated carbocycles. The average molecular weight is 412 g/mol. The zero-order valence-electron chi connectivity index (χ0n) is 16.4. The van der Waals surface area contributed by atoms with Crippen molar-refractivity contribution in [2.24, 2.45) is 0 Å². The van der Waals surface area contributed by atoms with Crippen molar-refractivity contribution in [2.75, 3.05) is 4.72 Å². The molecule has 3 nitrogen and oxygen atoms in total. The predicted octanol–water partition coefficient (Wildman–Crippen LogP) is 6.65. The van der Waals surface area contributed by atoms with Gasteiger partial charge in [-0.25, -0.2) is 4.79 Å². The van der Waals surface area contributed by atoms with Crippen molar-refractivity contribution in [1.29, 1.82) is 0 Å². The predicted molar refractivity (Wildman–Crippen MR) is 120 cm³/mol.